The van der Waals surface area contributed by atoms with Crippen LogP contribution < -0.4 is 10.1 Å². The van der Waals surface area contributed by atoms with E-state index in [-0.39, 0.29) is 5.91 Å². The van der Waals surface area contributed by atoms with Crippen molar-refractivity contribution in [2.24, 2.45) is 0 Å². The lowest BCUT2D eigenvalue weighted by Crippen LogP contribution is -2.23. The lowest BCUT2D eigenvalue weighted by atomic mass is 10.2. The largest absolute Gasteiger partial charge is 0.496 e. The summed E-state index contributed by atoms with van der Waals surface area (Å²) in [4.78, 5) is 16.7. The van der Waals surface area contributed by atoms with Gasteiger partial charge < -0.3 is 10.1 Å². The topological polar surface area (TPSA) is 51.2 Å². The Morgan fingerprint density at radius 3 is 2.71 bits per heavy atom. The maximum absolute atomic E-state index is 12.3. The number of carbonyl (C=O) groups is 1. The van der Waals surface area contributed by atoms with Crippen LogP contribution in [0, 0.1) is 0 Å². The molecular formula is C18H15BrN2O2S. The molecule has 1 amide bonds. The number of nitrogens with zero attached hydrogens (tertiary/aromatic N) is 1. The molecule has 0 fully saturated rings. The standard InChI is InChI=1S/C18H15BrN2O2S/c1-23-16-5-3-2-4-14(16)18-21-15(11-24-18)17(22)20-10-12-6-8-13(19)9-7-12/h2-9,11H,10H2,1H3,(H,20,22). The van der Waals surface area contributed by atoms with E-state index >= 15 is 0 Å². The molecule has 0 bridgehead atoms. The summed E-state index contributed by atoms with van der Waals surface area (Å²) in [6.45, 7) is 0.466. The van der Waals surface area contributed by atoms with Crippen LogP contribution in [0.15, 0.2) is 58.4 Å². The van der Waals surface area contributed by atoms with Crippen molar-refractivity contribution in [3.8, 4) is 16.3 Å². The Labute approximate surface area is 152 Å². The van der Waals surface area contributed by atoms with Crippen LogP contribution in [0.25, 0.3) is 10.6 Å². The number of hydrogen-bond acceptors (Lipinski definition) is 4. The molecule has 0 radical (unpaired) electrons. The minimum atomic E-state index is -0.185. The van der Waals surface area contributed by atoms with Crippen LogP contribution in [-0.2, 0) is 6.54 Å². The molecule has 1 aromatic heterocycles. The summed E-state index contributed by atoms with van der Waals surface area (Å²) >= 11 is 4.82. The first kappa shape index (κ1) is 16.7. The monoisotopic (exact) mass is 402 g/mol. The summed E-state index contributed by atoms with van der Waals surface area (Å²) in [6, 6.07) is 15.5. The number of thiazole rings is 1. The fourth-order valence-electron chi connectivity index (χ4n) is 2.20. The molecule has 4 nitrogen and oxygen atoms in total. The Bertz CT molecular complexity index is 846. The molecule has 6 heteroatoms. The molecular weight excluding hydrogens is 388 g/mol. The minimum absolute atomic E-state index is 0.185. The Morgan fingerprint density at radius 2 is 1.96 bits per heavy atom. The molecule has 0 saturated carbocycles. The second-order valence-corrected chi connectivity index (χ2v) is 6.82. The zero-order valence-electron chi connectivity index (χ0n) is 13.0. The van der Waals surface area contributed by atoms with E-state index in [1.54, 1.807) is 12.5 Å². The van der Waals surface area contributed by atoms with E-state index in [9.17, 15) is 4.79 Å². The Kier molecular flexibility index (Phi) is 5.27. The zero-order valence-corrected chi connectivity index (χ0v) is 15.4. The molecule has 2 aromatic carbocycles. The van der Waals surface area contributed by atoms with Gasteiger partial charge in [0.1, 0.15) is 16.5 Å². The molecule has 0 aliphatic carbocycles. The SMILES string of the molecule is COc1ccccc1-c1nc(C(=O)NCc2ccc(Br)cc2)cs1. The summed E-state index contributed by atoms with van der Waals surface area (Å²) in [5, 5.41) is 5.41. The van der Waals surface area contributed by atoms with Gasteiger partial charge in [0.15, 0.2) is 0 Å². The van der Waals surface area contributed by atoms with Gasteiger partial charge in [0.05, 0.1) is 12.7 Å². The van der Waals surface area contributed by atoms with Crippen LogP contribution in [0.2, 0.25) is 0 Å². The number of aromatic nitrogens is 1. The highest BCUT2D eigenvalue weighted by Gasteiger charge is 2.14. The molecule has 24 heavy (non-hydrogen) atoms. The van der Waals surface area contributed by atoms with Gasteiger partial charge in [0, 0.05) is 16.4 Å². The fraction of sp³-hybridized carbons (Fsp3) is 0.111. The molecule has 1 heterocycles. The van der Waals surface area contributed by atoms with E-state index < -0.39 is 0 Å². The number of amides is 1. The van der Waals surface area contributed by atoms with E-state index in [0.29, 0.717) is 12.2 Å². The first-order valence-corrected chi connectivity index (χ1v) is 8.96. The fourth-order valence-corrected chi connectivity index (χ4v) is 3.29. The summed E-state index contributed by atoms with van der Waals surface area (Å²) in [6.07, 6.45) is 0. The first-order valence-electron chi connectivity index (χ1n) is 7.29. The van der Waals surface area contributed by atoms with Crippen molar-refractivity contribution in [1.29, 1.82) is 0 Å². The Hall–Kier alpha value is -2.18. The van der Waals surface area contributed by atoms with E-state index in [2.05, 4.69) is 26.2 Å². The Morgan fingerprint density at radius 1 is 1.21 bits per heavy atom. The van der Waals surface area contributed by atoms with Crippen molar-refractivity contribution < 1.29 is 9.53 Å². The second kappa shape index (κ2) is 7.59. The van der Waals surface area contributed by atoms with E-state index in [1.165, 1.54) is 11.3 Å². The van der Waals surface area contributed by atoms with Crippen molar-refractivity contribution in [3.05, 3.63) is 69.6 Å². The lowest BCUT2D eigenvalue weighted by Gasteiger charge is -2.05. The van der Waals surface area contributed by atoms with Crippen LogP contribution in [-0.4, -0.2) is 18.0 Å². The molecule has 1 N–H and O–H groups in total. The minimum Gasteiger partial charge on any atom is -0.496 e. The number of methoxy groups -OCH3 is 1. The van der Waals surface area contributed by atoms with Crippen LogP contribution in [0.1, 0.15) is 16.1 Å². The second-order valence-electron chi connectivity index (χ2n) is 5.05. The lowest BCUT2D eigenvalue weighted by molar-refractivity contribution is 0.0946. The highest BCUT2D eigenvalue weighted by molar-refractivity contribution is 9.10. The maximum Gasteiger partial charge on any atom is 0.271 e. The van der Waals surface area contributed by atoms with Crippen molar-refractivity contribution in [3.63, 3.8) is 0 Å². The number of hydrogen-bond donors (Lipinski definition) is 1. The molecule has 0 atom stereocenters. The number of para-hydroxylation sites is 1. The van der Waals surface area contributed by atoms with Gasteiger partial charge in [-0.1, -0.05) is 40.2 Å². The van der Waals surface area contributed by atoms with Gasteiger partial charge in [0.2, 0.25) is 0 Å². The Balaban J connectivity index is 1.70. The van der Waals surface area contributed by atoms with Crippen LogP contribution in [0.5, 0.6) is 5.75 Å². The van der Waals surface area contributed by atoms with Gasteiger partial charge in [-0.15, -0.1) is 11.3 Å². The smallest absolute Gasteiger partial charge is 0.271 e. The van der Waals surface area contributed by atoms with Gasteiger partial charge in [-0.3, -0.25) is 4.79 Å². The quantitative estimate of drug-likeness (QED) is 0.682. The molecule has 122 valence electrons. The summed E-state index contributed by atoms with van der Waals surface area (Å²) in [5.74, 6) is 0.559. The maximum atomic E-state index is 12.3. The number of ether oxygens (including phenoxy) is 1. The number of rotatable bonds is 5. The normalized spacial score (nSPS) is 10.4. The number of halogens is 1. The summed E-state index contributed by atoms with van der Waals surface area (Å²) < 4.78 is 6.36. The van der Waals surface area contributed by atoms with Crippen LogP contribution >= 0.6 is 27.3 Å². The van der Waals surface area contributed by atoms with Crippen molar-refractivity contribution >= 4 is 33.2 Å². The number of nitrogens with one attached hydrogen (secondary N) is 1. The van der Waals surface area contributed by atoms with Gasteiger partial charge in [-0.25, -0.2) is 4.98 Å². The van der Waals surface area contributed by atoms with E-state index in [1.807, 2.05) is 48.5 Å². The molecule has 0 saturated heterocycles. The predicted molar refractivity (Wildman–Crippen MR) is 99.4 cm³/mol. The summed E-state index contributed by atoms with van der Waals surface area (Å²) in [5.41, 5.74) is 2.33. The van der Waals surface area contributed by atoms with Crippen molar-refractivity contribution in [2.75, 3.05) is 7.11 Å². The van der Waals surface area contributed by atoms with Crippen LogP contribution in [0.3, 0.4) is 0 Å². The highest BCUT2D eigenvalue weighted by atomic mass is 79.9. The third kappa shape index (κ3) is 3.83. The highest BCUT2D eigenvalue weighted by Crippen LogP contribution is 2.31. The molecule has 0 unspecified atom stereocenters. The molecule has 0 aliphatic heterocycles. The average Bonchev–Trinajstić information content (AvgIpc) is 3.11. The van der Waals surface area contributed by atoms with Gasteiger partial charge in [0.25, 0.3) is 5.91 Å². The third-order valence-corrected chi connectivity index (χ3v) is 4.84. The van der Waals surface area contributed by atoms with Crippen molar-refractivity contribution in [2.45, 2.75) is 6.54 Å². The number of benzene rings is 2. The average molecular weight is 403 g/mol. The molecule has 3 aromatic rings. The van der Waals surface area contributed by atoms with Crippen LogP contribution in [0.4, 0.5) is 0 Å². The van der Waals surface area contributed by atoms with E-state index in [0.717, 1.165) is 26.4 Å². The van der Waals surface area contributed by atoms with Crippen molar-refractivity contribution in [1.82, 2.24) is 10.3 Å². The zero-order chi connectivity index (χ0) is 16.9. The first-order chi connectivity index (χ1) is 11.7. The third-order valence-electron chi connectivity index (χ3n) is 3.44. The van der Waals surface area contributed by atoms with Gasteiger partial charge in [-0.2, -0.15) is 0 Å². The predicted octanol–water partition coefficient (Wildman–Crippen LogP) is 4.51. The van der Waals surface area contributed by atoms with E-state index in [4.69, 9.17) is 4.74 Å². The molecule has 3 rings (SSSR count). The molecule has 0 spiro atoms. The van der Waals surface area contributed by atoms with Gasteiger partial charge in [-0.05, 0) is 29.8 Å². The summed E-state index contributed by atoms with van der Waals surface area (Å²) in [7, 11) is 1.62. The van der Waals surface area contributed by atoms with Gasteiger partial charge >= 0.3 is 0 Å². The number of carbonyl (C=O) groups excluding carboxylic acids is 1. The molecule has 0 aliphatic rings.